The number of alkyl halides is 3. The Morgan fingerprint density at radius 3 is 2.63 bits per heavy atom. The van der Waals surface area contributed by atoms with Gasteiger partial charge in [0.05, 0.1) is 17.9 Å². The van der Waals surface area contributed by atoms with E-state index >= 15 is 0 Å². The Morgan fingerprint density at radius 1 is 1.37 bits per heavy atom. The van der Waals surface area contributed by atoms with Crippen molar-refractivity contribution in [3.05, 3.63) is 29.1 Å². The quantitative estimate of drug-likeness (QED) is 0.934. The zero-order valence-corrected chi connectivity index (χ0v) is 10.8. The molecule has 0 aliphatic rings. The van der Waals surface area contributed by atoms with Crippen LogP contribution in [0.3, 0.4) is 0 Å². The van der Waals surface area contributed by atoms with Gasteiger partial charge < -0.3 is 10.5 Å². The molecule has 0 saturated carbocycles. The van der Waals surface area contributed by atoms with Gasteiger partial charge in [-0.1, -0.05) is 0 Å². The van der Waals surface area contributed by atoms with E-state index in [1.54, 1.807) is 12.3 Å². The summed E-state index contributed by atoms with van der Waals surface area (Å²) in [4.78, 5) is 3.97. The summed E-state index contributed by atoms with van der Waals surface area (Å²) in [6, 6.07) is 3.87. The number of rotatable bonds is 3. The molecule has 0 aliphatic heterocycles. The van der Waals surface area contributed by atoms with Gasteiger partial charge in [0.25, 0.3) is 0 Å². The molecule has 1 heterocycles. The number of thiazole rings is 1. The highest BCUT2D eigenvalue weighted by molar-refractivity contribution is 7.13. The summed E-state index contributed by atoms with van der Waals surface area (Å²) < 4.78 is 43.8. The zero-order valence-electron chi connectivity index (χ0n) is 9.99. The Kier molecular flexibility index (Phi) is 3.66. The van der Waals surface area contributed by atoms with Gasteiger partial charge in [-0.2, -0.15) is 13.2 Å². The van der Waals surface area contributed by atoms with Crippen molar-refractivity contribution in [1.82, 2.24) is 4.98 Å². The first-order valence-electron chi connectivity index (χ1n) is 5.47. The van der Waals surface area contributed by atoms with Crippen LogP contribution in [-0.2, 0) is 6.18 Å². The molecule has 0 atom stereocenters. The fourth-order valence-electron chi connectivity index (χ4n) is 1.61. The van der Waals surface area contributed by atoms with Gasteiger partial charge in [0, 0.05) is 10.9 Å². The summed E-state index contributed by atoms with van der Waals surface area (Å²) in [6.07, 6.45) is -4.47. The van der Waals surface area contributed by atoms with Crippen LogP contribution in [0.5, 0.6) is 5.75 Å². The van der Waals surface area contributed by atoms with E-state index in [1.807, 2.05) is 0 Å². The van der Waals surface area contributed by atoms with Crippen LogP contribution in [0.4, 0.5) is 18.3 Å². The molecule has 3 nitrogen and oxygen atoms in total. The highest BCUT2D eigenvalue weighted by Crippen LogP contribution is 2.39. The predicted octanol–water partition coefficient (Wildman–Crippen LogP) is 3.81. The van der Waals surface area contributed by atoms with E-state index in [-0.39, 0.29) is 12.4 Å². The Morgan fingerprint density at radius 2 is 2.11 bits per heavy atom. The maximum absolute atomic E-state index is 13.0. The van der Waals surface area contributed by atoms with Crippen LogP contribution in [0.2, 0.25) is 0 Å². The summed E-state index contributed by atoms with van der Waals surface area (Å²) in [6.45, 7) is 1.81. The molecule has 2 aromatic rings. The minimum atomic E-state index is -4.47. The van der Waals surface area contributed by atoms with Crippen molar-refractivity contribution in [3.63, 3.8) is 0 Å². The van der Waals surface area contributed by atoms with Gasteiger partial charge >= 0.3 is 6.18 Å². The fraction of sp³-hybridized carbons (Fsp3) is 0.250. The van der Waals surface area contributed by atoms with Gasteiger partial charge in [-0.3, -0.25) is 0 Å². The molecule has 0 saturated heterocycles. The zero-order chi connectivity index (χ0) is 14.0. The highest BCUT2D eigenvalue weighted by atomic mass is 32.1. The van der Waals surface area contributed by atoms with Crippen molar-refractivity contribution in [2.24, 2.45) is 0 Å². The summed E-state index contributed by atoms with van der Waals surface area (Å²) in [5.41, 5.74) is 5.46. The largest absolute Gasteiger partial charge is 0.493 e. The Hall–Kier alpha value is -1.76. The lowest BCUT2D eigenvalue weighted by Gasteiger charge is -2.14. The van der Waals surface area contributed by atoms with E-state index < -0.39 is 11.7 Å². The van der Waals surface area contributed by atoms with Gasteiger partial charge in [-0.25, -0.2) is 4.98 Å². The molecule has 0 amide bonds. The third kappa shape index (κ3) is 2.98. The smallest absolute Gasteiger partial charge is 0.419 e. The molecule has 102 valence electrons. The molecule has 1 aromatic heterocycles. The average molecular weight is 288 g/mol. The van der Waals surface area contributed by atoms with Gasteiger partial charge in [-0.05, 0) is 25.1 Å². The number of hydrogen-bond acceptors (Lipinski definition) is 4. The molecule has 7 heteroatoms. The van der Waals surface area contributed by atoms with Crippen LogP contribution in [0.25, 0.3) is 11.3 Å². The molecule has 0 unspecified atom stereocenters. The molecule has 2 rings (SSSR count). The number of benzene rings is 1. The second kappa shape index (κ2) is 5.08. The van der Waals surface area contributed by atoms with E-state index in [0.717, 1.165) is 6.07 Å². The van der Waals surface area contributed by atoms with E-state index in [2.05, 4.69) is 4.98 Å². The molecule has 1 aromatic carbocycles. The standard InChI is InChI=1S/C12H11F3N2OS/c1-2-18-10-4-3-7(5-8(10)12(13,14)15)9-6-19-11(16)17-9/h3-6H,2H2,1H3,(H2,16,17). The Bertz CT molecular complexity index is 581. The van der Waals surface area contributed by atoms with Gasteiger partial charge in [0.15, 0.2) is 5.13 Å². The Balaban J connectivity index is 2.49. The molecule has 0 bridgehead atoms. The lowest BCUT2D eigenvalue weighted by molar-refractivity contribution is -0.138. The summed E-state index contributed by atoms with van der Waals surface area (Å²) in [5, 5.41) is 1.93. The first kappa shape index (κ1) is 13.7. The molecular weight excluding hydrogens is 277 g/mol. The van der Waals surface area contributed by atoms with Crippen molar-refractivity contribution < 1.29 is 17.9 Å². The minimum Gasteiger partial charge on any atom is -0.493 e. The van der Waals surface area contributed by atoms with Crippen molar-refractivity contribution in [2.45, 2.75) is 13.1 Å². The van der Waals surface area contributed by atoms with Crippen LogP contribution < -0.4 is 10.5 Å². The lowest BCUT2D eigenvalue weighted by atomic mass is 10.1. The van der Waals surface area contributed by atoms with Crippen molar-refractivity contribution in [1.29, 1.82) is 0 Å². The summed E-state index contributed by atoms with van der Waals surface area (Å²) >= 11 is 1.18. The van der Waals surface area contributed by atoms with Crippen molar-refractivity contribution >= 4 is 16.5 Å². The van der Waals surface area contributed by atoms with Gasteiger partial charge in [0.1, 0.15) is 5.75 Å². The van der Waals surface area contributed by atoms with Gasteiger partial charge in [0.2, 0.25) is 0 Å². The number of hydrogen-bond donors (Lipinski definition) is 1. The number of nitrogens with two attached hydrogens (primary N) is 1. The number of ether oxygens (including phenoxy) is 1. The van der Waals surface area contributed by atoms with Crippen molar-refractivity contribution in [2.75, 3.05) is 12.3 Å². The normalized spacial score (nSPS) is 11.6. The molecular formula is C12H11F3N2OS. The fourth-order valence-corrected chi connectivity index (χ4v) is 2.18. The van der Waals surface area contributed by atoms with E-state index in [9.17, 15) is 13.2 Å². The highest BCUT2D eigenvalue weighted by Gasteiger charge is 2.34. The van der Waals surface area contributed by atoms with Crippen LogP contribution in [0.15, 0.2) is 23.6 Å². The second-order valence-corrected chi connectivity index (χ2v) is 4.60. The van der Waals surface area contributed by atoms with E-state index in [1.165, 1.54) is 23.5 Å². The van der Waals surface area contributed by atoms with Crippen LogP contribution in [-0.4, -0.2) is 11.6 Å². The van der Waals surface area contributed by atoms with E-state index in [0.29, 0.717) is 16.4 Å². The summed E-state index contributed by atoms with van der Waals surface area (Å²) in [5.74, 6) is -0.179. The molecule has 0 fully saturated rings. The van der Waals surface area contributed by atoms with Crippen molar-refractivity contribution in [3.8, 4) is 17.0 Å². The minimum absolute atomic E-state index is 0.173. The van der Waals surface area contributed by atoms with Crippen LogP contribution in [0, 0.1) is 0 Å². The number of nitrogen functional groups attached to an aromatic ring is 1. The second-order valence-electron chi connectivity index (χ2n) is 3.71. The Labute approximate surface area is 111 Å². The molecule has 0 aliphatic carbocycles. The molecule has 0 spiro atoms. The molecule has 2 N–H and O–H groups in total. The summed E-state index contributed by atoms with van der Waals surface area (Å²) in [7, 11) is 0. The average Bonchev–Trinajstić information content (AvgIpc) is 2.75. The number of nitrogens with zero attached hydrogens (tertiary/aromatic N) is 1. The maximum atomic E-state index is 13.0. The van der Waals surface area contributed by atoms with Crippen LogP contribution in [0.1, 0.15) is 12.5 Å². The lowest BCUT2D eigenvalue weighted by Crippen LogP contribution is -2.08. The third-order valence-electron chi connectivity index (χ3n) is 2.40. The van der Waals surface area contributed by atoms with Gasteiger partial charge in [-0.15, -0.1) is 11.3 Å². The first-order chi connectivity index (χ1) is 8.91. The first-order valence-corrected chi connectivity index (χ1v) is 6.35. The molecule has 0 radical (unpaired) electrons. The van der Waals surface area contributed by atoms with E-state index in [4.69, 9.17) is 10.5 Å². The van der Waals surface area contributed by atoms with Crippen LogP contribution >= 0.6 is 11.3 Å². The number of anilines is 1. The third-order valence-corrected chi connectivity index (χ3v) is 3.08. The SMILES string of the molecule is CCOc1ccc(-c2csc(N)n2)cc1C(F)(F)F. The topological polar surface area (TPSA) is 48.1 Å². The monoisotopic (exact) mass is 288 g/mol. The maximum Gasteiger partial charge on any atom is 0.419 e. The number of aromatic nitrogens is 1. The molecule has 19 heavy (non-hydrogen) atoms. The number of halogens is 3. The predicted molar refractivity (Wildman–Crippen MR) is 68.1 cm³/mol.